The van der Waals surface area contributed by atoms with Gasteiger partial charge in [0.05, 0.1) is 10.8 Å². The number of aliphatic hydroxyl groups excluding tert-OH is 2. The van der Waals surface area contributed by atoms with Gasteiger partial charge in [-0.25, -0.2) is 0 Å². The molecule has 10 aliphatic heterocycles. The Labute approximate surface area is 300 Å². The van der Waals surface area contributed by atoms with E-state index in [0.29, 0.717) is 22.5 Å². The van der Waals surface area contributed by atoms with Gasteiger partial charge in [-0.1, -0.05) is 36.4 Å². The first-order valence-electron chi connectivity index (χ1n) is 15.8. The Bertz CT molecular complexity index is 1960. The molecule has 14 nitrogen and oxygen atoms in total. The molecule has 12 rings (SSSR count). The second-order valence-corrected chi connectivity index (χ2v) is 19.0. The van der Waals surface area contributed by atoms with Crippen LogP contribution in [0.4, 0.5) is 11.4 Å². The molecule has 50 heavy (non-hydrogen) atoms. The number of para-hydroxylation sites is 2. The third-order valence-electron chi connectivity index (χ3n) is 12.4. The van der Waals surface area contributed by atoms with Crippen LogP contribution in [0.3, 0.4) is 0 Å². The first-order chi connectivity index (χ1) is 23.7. The average Bonchev–Trinajstić information content (AvgIpc) is 3.74. The van der Waals surface area contributed by atoms with Crippen molar-refractivity contribution in [2.24, 2.45) is 0 Å². The average molecular weight is 753 g/mol. The van der Waals surface area contributed by atoms with Crippen molar-refractivity contribution in [1.29, 1.82) is 0 Å². The van der Waals surface area contributed by atoms with Crippen LogP contribution in [-0.2, 0) is 39.6 Å². The van der Waals surface area contributed by atoms with Gasteiger partial charge in [0.25, 0.3) is 23.6 Å². The van der Waals surface area contributed by atoms with Crippen molar-refractivity contribution in [3.63, 3.8) is 0 Å². The number of ketones is 2. The molecule has 10 heterocycles. The van der Waals surface area contributed by atoms with Crippen LogP contribution < -0.4 is 10.6 Å². The quantitative estimate of drug-likeness (QED) is 0.251. The van der Waals surface area contributed by atoms with E-state index in [1.165, 1.54) is 37.7 Å². The van der Waals surface area contributed by atoms with Gasteiger partial charge in [0.2, 0.25) is 19.5 Å². The summed E-state index contributed by atoms with van der Waals surface area (Å²) in [5, 5.41) is 33.6. The van der Waals surface area contributed by atoms with E-state index in [-0.39, 0.29) is 0 Å². The summed E-state index contributed by atoms with van der Waals surface area (Å²) in [4.78, 5) is 83.0. The minimum atomic E-state index is -1.98. The van der Waals surface area contributed by atoms with Crippen LogP contribution in [0, 0.1) is 0 Å². The highest BCUT2D eigenvalue weighted by atomic mass is 33.1. The SMILES string of the molecule is CC(=O)[C@]12SS[C@]3(C(=O)N1C)[C@@H](O)[C@]1([C@@]45c6ccccc6N[C@@H]4N4C(=O)[C@@]6(C(C)=O)SS[C@]4(C(=O)N6C)[C@H]5O)c4ccccc4N[C@@H]1N3C2=O. The normalized spacial score (nSPS) is 44.0. The minimum absolute atomic E-state index is 0.455. The molecule has 8 saturated heterocycles. The fourth-order valence-electron chi connectivity index (χ4n) is 10.4. The molecular weight excluding hydrogens is 725 g/mol. The first kappa shape index (κ1) is 31.3. The van der Waals surface area contributed by atoms with E-state index in [1.807, 2.05) is 0 Å². The van der Waals surface area contributed by atoms with Gasteiger partial charge >= 0.3 is 0 Å². The number of likely N-dealkylation sites (N-methyl/N-ethyl adjacent to an activating group) is 2. The van der Waals surface area contributed by atoms with Gasteiger partial charge in [0.15, 0.2) is 11.6 Å². The molecular formula is C32H28N6O8S4. The number of anilines is 2. The summed E-state index contributed by atoms with van der Waals surface area (Å²) >= 11 is 0. The number of nitrogens with zero attached hydrogens (tertiary/aromatic N) is 4. The Morgan fingerprint density at radius 2 is 0.980 bits per heavy atom. The molecule has 10 atom stereocenters. The molecule has 0 radical (unpaired) electrons. The van der Waals surface area contributed by atoms with E-state index in [9.17, 15) is 39.0 Å². The molecule has 0 saturated carbocycles. The largest absolute Gasteiger partial charge is 0.388 e. The Balaban J connectivity index is 1.34. The first-order valence-corrected chi connectivity index (χ1v) is 20.1. The maximum atomic E-state index is 14.9. The second kappa shape index (κ2) is 8.95. The maximum Gasteiger partial charge on any atom is 0.271 e. The lowest BCUT2D eigenvalue weighted by atomic mass is 9.52. The van der Waals surface area contributed by atoms with Gasteiger partial charge in [0, 0.05) is 25.5 Å². The van der Waals surface area contributed by atoms with E-state index in [2.05, 4.69) is 10.6 Å². The molecule has 0 aromatic heterocycles. The number of benzene rings is 2. The van der Waals surface area contributed by atoms with Gasteiger partial charge in [0.1, 0.15) is 24.5 Å². The smallest absolute Gasteiger partial charge is 0.271 e. The Morgan fingerprint density at radius 3 is 1.34 bits per heavy atom. The number of carbonyl (C=O) groups is 6. The molecule has 2 aromatic carbocycles. The highest BCUT2D eigenvalue weighted by Crippen LogP contribution is 2.78. The van der Waals surface area contributed by atoms with Crippen LogP contribution in [-0.4, -0.2) is 123 Å². The molecule has 4 amide bonds. The number of hydrogen-bond acceptors (Lipinski definition) is 14. The summed E-state index contributed by atoms with van der Waals surface area (Å²) < 4.78 is 0. The third kappa shape index (κ3) is 2.57. The number of hydrogen-bond donors (Lipinski definition) is 4. The monoisotopic (exact) mass is 752 g/mol. The summed E-state index contributed by atoms with van der Waals surface area (Å²) in [6.07, 6.45) is -6.07. The topological polar surface area (TPSA) is 180 Å². The summed E-state index contributed by atoms with van der Waals surface area (Å²) in [6.45, 7) is 2.50. The number of fused-ring (bicyclic) bond motifs is 11. The van der Waals surface area contributed by atoms with Crippen molar-refractivity contribution < 1.29 is 39.0 Å². The zero-order chi connectivity index (χ0) is 35.3. The molecule has 4 bridgehead atoms. The molecule has 18 heteroatoms. The minimum Gasteiger partial charge on any atom is -0.388 e. The van der Waals surface area contributed by atoms with Gasteiger partial charge in [-0.15, -0.1) is 0 Å². The van der Waals surface area contributed by atoms with Crippen molar-refractivity contribution >= 4 is 89.7 Å². The lowest BCUT2D eigenvalue weighted by molar-refractivity contribution is -0.170. The van der Waals surface area contributed by atoms with Gasteiger partial charge in [-0.2, -0.15) is 0 Å². The lowest BCUT2D eigenvalue weighted by Gasteiger charge is -2.58. The Morgan fingerprint density at radius 1 is 0.620 bits per heavy atom. The highest BCUT2D eigenvalue weighted by Gasteiger charge is 2.93. The number of piperazine rings is 2. The van der Waals surface area contributed by atoms with Crippen molar-refractivity contribution in [3.8, 4) is 0 Å². The van der Waals surface area contributed by atoms with Crippen molar-refractivity contribution in [2.75, 3.05) is 24.7 Å². The van der Waals surface area contributed by atoms with Crippen LogP contribution in [0.2, 0.25) is 0 Å². The zero-order valence-electron chi connectivity index (χ0n) is 26.7. The maximum absolute atomic E-state index is 14.9. The molecule has 4 N–H and O–H groups in total. The molecule has 258 valence electrons. The van der Waals surface area contributed by atoms with E-state index in [0.717, 1.165) is 53.0 Å². The number of Topliss-reactive ketones (excluding diaryl/α,β-unsaturated/α-hetero) is 2. The lowest BCUT2D eigenvalue weighted by Crippen LogP contribution is -2.79. The number of amides is 4. The van der Waals surface area contributed by atoms with E-state index < -0.39 is 90.0 Å². The van der Waals surface area contributed by atoms with E-state index in [1.54, 1.807) is 48.5 Å². The van der Waals surface area contributed by atoms with Crippen molar-refractivity contribution in [2.45, 2.75) is 68.7 Å². The number of aliphatic hydroxyl groups is 2. The van der Waals surface area contributed by atoms with Crippen molar-refractivity contribution in [3.05, 3.63) is 59.7 Å². The number of carbonyl (C=O) groups excluding carboxylic acids is 6. The molecule has 0 unspecified atom stereocenters. The van der Waals surface area contributed by atoms with Crippen LogP contribution in [0.15, 0.2) is 48.5 Å². The van der Waals surface area contributed by atoms with Gasteiger partial charge < -0.3 is 30.6 Å². The third-order valence-corrected chi connectivity index (χ3v) is 19.7. The van der Waals surface area contributed by atoms with Gasteiger partial charge in [-0.3, -0.25) is 38.6 Å². The fourth-order valence-corrected chi connectivity index (χ4v) is 18.1. The summed E-state index contributed by atoms with van der Waals surface area (Å²) in [5.74, 6) is -3.86. The van der Waals surface area contributed by atoms with Gasteiger partial charge in [-0.05, 0) is 80.3 Å². The predicted molar refractivity (Wildman–Crippen MR) is 185 cm³/mol. The van der Waals surface area contributed by atoms with E-state index >= 15 is 0 Å². The molecule has 2 aromatic rings. The van der Waals surface area contributed by atoms with Crippen LogP contribution in [0.5, 0.6) is 0 Å². The van der Waals surface area contributed by atoms with Crippen molar-refractivity contribution in [1.82, 2.24) is 19.6 Å². The summed E-state index contributed by atoms with van der Waals surface area (Å²) in [7, 11) is 6.44. The summed E-state index contributed by atoms with van der Waals surface area (Å²) in [6, 6.07) is 14.1. The standard InChI is InChI=1S/C32H28N6O8S4/c1-13(39)29-25(45)37-21-27(15-9-5-7-11-17(15)33-21,19(41)31(37,49-47-29)23(43)35(29)3)28-16-10-6-8-12-18(16)34-22(28)38-26(46)30(14(2)40)36(4)24(44)32(38,20(28)42)50-48-30/h5-12,19-22,33-34,41-42H,1-4H3/t19-,20-,21+,22+,27+,28+,29+,30+,31-,32-/m0/s1. The zero-order valence-corrected chi connectivity index (χ0v) is 30.0. The predicted octanol–water partition coefficient (Wildman–Crippen LogP) is 0.469. The highest BCUT2D eigenvalue weighted by molar-refractivity contribution is 8.78. The molecule has 0 aliphatic carbocycles. The second-order valence-electron chi connectivity index (χ2n) is 13.9. The van der Waals surface area contributed by atoms with Crippen LogP contribution >= 0.6 is 43.2 Å². The number of rotatable bonds is 3. The Kier molecular flexibility index (Phi) is 5.61. The fraction of sp³-hybridized carbons (Fsp3) is 0.438. The molecule has 2 spiro atoms. The van der Waals surface area contributed by atoms with Crippen LogP contribution in [0.1, 0.15) is 25.0 Å². The summed E-state index contributed by atoms with van der Waals surface area (Å²) in [5.41, 5.74) is -1.77. The Hall–Kier alpha value is -3.42. The molecule has 8 fully saturated rings. The molecule has 10 aliphatic rings. The van der Waals surface area contributed by atoms with Crippen LogP contribution in [0.25, 0.3) is 0 Å². The van der Waals surface area contributed by atoms with E-state index in [4.69, 9.17) is 0 Å². The number of nitrogens with one attached hydrogen (secondary N) is 2.